The fourth-order valence-electron chi connectivity index (χ4n) is 7.39. The zero-order valence-electron chi connectivity index (χ0n) is 54.1. The summed E-state index contributed by atoms with van der Waals surface area (Å²) < 4.78 is 109. The normalized spacial score (nSPS) is 11.3. The van der Waals surface area contributed by atoms with Gasteiger partial charge in [-0.15, -0.1) is 0 Å². The van der Waals surface area contributed by atoms with E-state index >= 15 is 0 Å². The molecule has 2 aromatic heterocycles. The summed E-state index contributed by atoms with van der Waals surface area (Å²) in [6.45, 7) is 10.2. The number of rotatable bonds is 13. The molecule has 0 unspecified atom stereocenters. The molecule has 8 aromatic rings. The molecule has 2 heterocycles. The summed E-state index contributed by atoms with van der Waals surface area (Å²) in [7, 11) is 10.1. The van der Waals surface area contributed by atoms with Crippen LogP contribution in [0.1, 0.15) is 59.9 Å². The Morgan fingerprint density at radius 2 is 0.781 bits per heavy atom. The maximum Gasteiger partial charge on any atom is 0 e. The minimum Gasteiger partial charge on any atom is -0.0622 e. The van der Waals surface area contributed by atoms with Gasteiger partial charge in [0.1, 0.15) is 34.7 Å². The molecule has 0 aliphatic carbocycles. The Morgan fingerprint density at radius 1 is 0.521 bits per heavy atom. The van der Waals surface area contributed by atoms with E-state index in [1.807, 2.05) is 22.6 Å². The number of methoxy groups -OCH3 is 2. The third kappa shape index (κ3) is 38.5. The summed E-state index contributed by atoms with van der Waals surface area (Å²) in [5.74, 6) is -1.23. The second kappa shape index (κ2) is 50.3. The SMILES string of the molecule is COC(=O)[C@@H](CI)NC(=O)OC(C)(C)C.COC(=O)[C@@H](Cc1ccc(C(F)(F)F)nc1)NC(=O)OC(C)(C)C.FC(F)(F)c1ccc(Br)cn1.II.[2H]CF.[Cl][Pd][Cl].[Zn].c1ccc(P(c2ccccc2)c2ccccc2)cc1.c1ccc(P(c2ccccc2)c2ccccc2)cc1. The van der Waals surface area contributed by atoms with Gasteiger partial charge in [0.2, 0.25) is 0 Å². The molecular formula is C67H71BrCl2F7I3N4O8P2PdZn. The number of amides is 2. The summed E-state index contributed by atoms with van der Waals surface area (Å²) in [5.41, 5.74) is -2.92. The van der Waals surface area contributed by atoms with Crippen LogP contribution in [0.25, 0.3) is 0 Å². The van der Waals surface area contributed by atoms with Gasteiger partial charge >= 0.3 is 71.5 Å². The Hall–Kier alpha value is -3.99. The Balaban J connectivity index is 0.00000117. The van der Waals surface area contributed by atoms with Crippen molar-refractivity contribution in [3.8, 4) is 0 Å². The van der Waals surface area contributed by atoms with Gasteiger partial charge in [-0.3, -0.25) is 14.4 Å². The van der Waals surface area contributed by atoms with Gasteiger partial charge in [0.25, 0.3) is 0 Å². The molecule has 0 aliphatic rings. The van der Waals surface area contributed by atoms with Crippen LogP contribution in [0.15, 0.2) is 223 Å². The molecule has 0 saturated heterocycles. The first-order chi connectivity index (χ1) is 45.4. The second-order valence-corrected chi connectivity index (χ2v) is 29.0. The molecule has 520 valence electrons. The summed E-state index contributed by atoms with van der Waals surface area (Å²) >= 11 is 9.10. The van der Waals surface area contributed by atoms with E-state index in [-0.39, 0.29) is 41.8 Å². The average Bonchev–Trinajstić information content (AvgIpc) is 0.869. The fraction of sp³-hybridized carbons (Fsp3) is 0.254. The van der Waals surface area contributed by atoms with Crippen LogP contribution >= 0.6 is 111 Å². The number of nitrogens with zero attached hydrogens (tertiary/aromatic N) is 2. The van der Waals surface area contributed by atoms with Crippen molar-refractivity contribution in [2.75, 3.05) is 25.8 Å². The second-order valence-electron chi connectivity index (χ2n) is 20.4. The van der Waals surface area contributed by atoms with Gasteiger partial charge in [-0.1, -0.05) is 211 Å². The van der Waals surface area contributed by atoms with Crippen LogP contribution < -0.4 is 42.5 Å². The molecule has 0 spiro atoms. The first kappa shape index (κ1) is 90.0. The smallest absolute Gasteiger partial charge is 0 e. The Morgan fingerprint density at radius 3 is 1.00 bits per heavy atom. The predicted molar refractivity (Wildman–Crippen MR) is 396 cm³/mol. The van der Waals surface area contributed by atoms with Crippen molar-refractivity contribution < 1.29 is 106 Å². The molecule has 29 heteroatoms. The number of alkyl carbamates (subject to hydrolysis) is 2. The minimum atomic E-state index is -4.55. The van der Waals surface area contributed by atoms with E-state index in [9.17, 15) is 49.9 Å². The molecular weight excluding hydrogens is 1890 g/mol. The van der Waals surface area contributed by atoms with E-state index in [4.69, 9.17) is 29.9 Å². The van der Waals surface area contributed by atoms with Crippen molar-refractivity contribution >= 4 is 167 Å². The van der Waals surface area contributed by atoms with Gasteiger partial charge in [0.05, 0.1) is 22.7 Å². The number of hydrogen-bond acceptors (Lipinski definition) is 10. The number of carbonyl (C=O) groups is 4. The summed E-state index contributed by atoms with van der Waals surface area (Å²) in [6, 6.07) is 67.1. The van der Waals surface area contributed by atoms with Gasteiger partial charge in [-0.25, -0.2) is 19.2 Å². The quantitative estimate of drug-likeness (QED) is 0.0217. The number of aromatic nitrogens is 2. The van der Waals surface area contributed by atoms with Crippen molar-refractivity contribution in [2.24, 2.45) is 0 Å². The summed E-state index contributed by atoms with van der Waals surface area (Å²) in [4.78, 5) is 52.4. The number of esters is 2. The van der Waals surface area contributed by atoms with Crippen LogP contribution in [0.3, 0.4) is 0 Å². The van der Waals surface area contributed by atoms with Gasteiger partial charge < -0.3 is 29.6 Å². The maximum absolute atomic E-state index is 12.5. The number of carbonyl (C=O) groups excluding carboxylic acids is 4. The molecule has 0 saturated carbocycles. The molecule has 0 fully saturated rings. The third-order valence-corrected chi connectivity index (χ3v) is 17.4. The van der Waals surface area contributed by atoms with Gasteiger partial charge in [0.15, 0.2) is 0 Å². The van der Waals surface area contributed by atoms with E-state index in [1.54, 1.807) is 41.5 Å². The number of ether oxygens (including phenoxy) is 4. The van der Waals surface area contributed by atoms with E-state index in [0.717, 1.165) is 31.6 Å². The third-order valence-electron chi connectivity index (χ3n) is 11.2. The van der Waals surface area contributed by atoms with Gasteiger partial charge in [0, 0.05) is 84.4 Å². The van der Waals surface area contributed by atoms with Gasteiger partial charge in [-0.05, 0) is 129 Å². The number of benzene rings is 6. The van der Waals surface area contributed by atoms with Crippen molar-refractivity contribution in [3.05, 3.63) is 240 Å². The fourth-order valence-corrected chi connectivity index (χ4v) is 12.8. The Labute approximate surface area is 635 Å². The molecule has 2 N–H and O–H groups in total. The summed E-state index contributed by atoms with van der Waals surface area (Å²) in [6.07, 6.45) is -8.32. The van der Waals surface area contributed by atoms with E-state index < -0.39 is 94.1 Å². The van der Waals surface area contributed by atoms with Crippen LogP contribution in [0.5, 0.6) is 0 Å². The average molecular weight is 1960 g/mol. The molecule has 8 rings (SSSR count). The molecule has 2 atom stereocenters. The first-order valence-corrected chi connectivity index (χ1v) is 42.9. The molecule has 96 heavy (non-hydrogen) atoms. The summed E-state index contributed by atoms with van der Waals surface area (Å²) in [5, 5.41) is 13.2. The standard InChI is InChI=1S/2C18H15P.C15H19F3N2O4.C9H16INO4.C6H3BrF3N.CH3F.2ClH.I2.Pd.Zn/c2*1-4-10-16(11-5-1)19(17-12-6-2-7-13-17)18-14-8-3-9-15-18;1-14(2,3)24-13(22)20-10(12(21)23-4)7-9-5-6-11(19-8-9)15(16,17)18;1-9(2,3)15-8(13)11-6(5-10)7(12)14-4;7-4-1-2-5(11-3-4)6(8,9)10;1-2;;;1-2;;/h2*1-15H;5-6,8,10H,7H2,1-4H3,(H,20,22);6H,5H2,1-4H3,(H,11,13);1-3H;1H3;2*1H;;;/q;;;;;;;;;+2;/p-2/t;;10-;6-;;;;;;;/m..11......./s1/i;;;;;1D;;;;;. The maximum atomic E-state index is 12.5. The Bertz CT molecular complexity index is 3110. The number of alkyl halides is 8. The molecule has 0 bridgehead atoms. The molecule has 2 amide bonds. The minimum absolute atomic E-state index is 0. The molecule has 0 aliphatic heterocycles. The van der Waals surface area contributed by atoms with Crippen molar-refractivity contribution in [2.45, 2.75) is 83.6 Å². The van der Waals surface area contributed by atoms with E-state index in [2.05, 4.69) is 265 Å². The van der Waals surface area contributed by atoms with Crippen LogP contribution in [-0.2, 0) is 82.7 Å². The van der Waals surface area contributed by atoms with Crippen molar-refractivity contribution in [1.29, 1.82) is 0 Å². The number of nitrogens with one attached hydrogen (secondary N) is 2. The number of hydrogen-bond donors (Lipinski definition) is 2. The first-order valence-electron chi connectivity index (χ1n) is 28.3. The monoisotopic (exact) mass is 1950 g/mol. The zero-order valence-corrected chi connectivity index (χ0v) is 68.9. The topological polar surface area (TPSA) is 155 Å². The predicted octanol–water partition coefficient (Wildman–Crippen LogP) is 17.7. The largest absolute Gasteiger partial charge is 0.0622 e. The van der Waals surface area contributed by atoms with Crippen LogP contribution in [0.2, 0.25) is 0 Å². The molecule has 0 radical (unpaired) electrons. The molecule has 6 aromatic carbocycles. The van der Waals surface area contributed by atoms with Crippen LogP contribution in [0, 0.1) is 0 Å². The van der Waals surface area contributed by atoms with Gasteiger partial charge in [-0.2, -0.15) is 26.3 Å². The molecule has 12 nitrogen and oxygen atoms in total. The van der Waals surface area contributed by atoms with Crippen molar-refractivity contribution in [1.82, 2.24) is 20.6 Å². The van der Waals surface area contributed by atoms with Crippen LogP contribution in [-0.4, -0.2) is 83.2 Å². The zero-order chi connectivity index (χ0) is 72.3. The Kier molecular flexibility index (Phi) is 47.2. The number of halogens is 13. The van der Waals surface area contributed by atoms with E-state index in [0.29, 0.717) is 14.5 Å². The van der Waals surface area contributed by atoms with Crippen molar-refractivity contribution in [3.63, 3.8) is 0 Å². The number of pyridine rings is 2. The van der Waals surface area contributed by atoms with Crippen LogP contribution in [0.4, 0.5) is 40.3 Å². The van der Waals surface area contributed by atoms with E-state index in [1.165, 1.54) is 51.1 Å².